The maximum absolute atomic E-state index is 12.7. The molecule has 2 aliphatic rings. The summed E-state index contributed by atoms with van der Waals surface area (Å²) in [6.07, 6.45) is 4.52. The lowest BCUT2D eigenvalue weighted by molar-refractivity contribution is 0.363. The summed E-state index contributed by atoms with van der Waals surface area (Å²) < 4.78 is 14.0. The SMILES string of the molecule is Cn1cnc2ncn(Cc3nc(C4[C@H]5CN(c6ccc7ncoc7c6)C[C@@H]45)no3)c(=O)c21. The summed E-state index contributed by atoms with van der Waals surface area (Å²) in [5.74, 6) is 2.43. The summed E-state index contributed by atoms with van der Waals surface area (Å²) in [7, 11) is 1.77. The Morgan fingerprint density at radius 1 is 1.12 bits per heavy atom. The lowest BCUT2D eigenvalue weighted by Gasteiger charge is -2.21. The van der Waals surface area contributed by atoms with E-state index < -0.39 is 0 Å². The number of fused-ring (bicyclic) bond motifs is 3. The molecule has 0 spiro atoms. The van der Waals surface area contributed by atoms with Gasteiger partial charge in [0.25, 0.3) is 5.56 Å². The van der Waals surface area contributed by atoms with Gasteiger partial charge in [-0.25, -0.2) is 15.0 Å². The fourth-order valence-electron chi connectivity index (χ4n) is 4.96. The van der Waals surface area contributed by atoms with Gasteiger partial charge in [0.15, 0.2) is 29.0 Å². The molecule has 1 aromatic carbocycles. The Balaban J connectivity index is 1.07. The zero-order chi connectivity index (χ0) is 21.4. The van der Waals surface area contributed by atoms with E-state index in [1.165, 1.54) is 17.3 Å². The fourth-order valence-corrected chi connectivity index (χ4v) is 4.96. The molecule has 1 aliphatic heterocycles. The lowest BCUT2D eigenvalue weighted by atomic mass is 10.2. The normalized spacial score (nSPS) is 22.2. The van der Waals surface area contributed by atoms with Gasteiger partial charge in [-0.1, -0.05) is 5.16 Å². The van der Waals surface area contributed by atoms with Gasteiger partial charge in [-0.2, -0.15) is 4.98 Å². The van der Waals surface area contributed by atoms with Gasteiger partial charge in [0.05, 0.1) is 6.33 Å². The average Bonchev–Trinajstić information content (AvgIpc) is 3.38. The first kappa shape index (κ1) is 17.6. The van der Waals surface area contributed by atoms with Crippen molar-refractivity contribution in [3.05, 3.63) is 59.3 Å². The molecule has 1 saturated heterocycles. The molecule has 160 valence electrons. The summed E-state index contributed by atoms with van der Waals surface area (Å²) in [5.41, 5.74) is 3.51. The van der Waals surface area contributed by atoms with Crippen LogP contribution < -0.4 is 10.5 Å². The van der Waals surface area contributed by atoms with Crippen molar-refractivity contribution in [2.75, 3.05) is 18.0 Å². The first-order chi connectivity index (χ1) is 15.7. The maximum Gasteiger partial charge on any atom is 0.280 e. The zero-order valence-electron chi connectivity index (χ0n) is 17.1. The molecule has 7 rings (SSSR count). The highest BCUT2D eigenvalue weighted by Gasteiger charge is 2.58. The molecular formula is C21H18N8O3. The predicted molar refractivity (Wildman–Crippen MR) is 112 cm³/mol. The highest BCUT2D eigenvalue weighted by Crippen LogP contribution is 2.58. The van der Waals surface area contributed by atoms with Crippen LogP contribution in [0.25, 0.3) is 22.3 Å². The van der Waals surface area contributed by atoms with Crippen LogP contribution in [0.4, 0.5) is 5.69 Å². The number of benzene rings is 1. The molecule has 1 unspecified atom stereocenters. The van der Waals surface area contributed by atoms with E-state index in [0.29, 0.717) is 34.8 Å². The molecule has 5 heterocycles. The van der Waals surface area contributed by atoms with Crippen LogP contribution in [0.15, 0.2) is 51.0 Å². The number of hydrogen-bond acceptors (Lipinski definition) is 9. The summed E-state index contributed by atoms with van der Waals surface area (Å²) in [4.78, 5) is 32.2. The van der Waals surface area contributed by atoms with E-state index in [9.17, 15) is 4.79 Å². The summed E-state index contributed by atoms with van der Waals surface area (Å²) >= 11 is 0. The number of nitrogens with zero attached hydrogens (tertiary/aromatic N) is 8. The molecule has 4 aromatic heterocycles. The second-order valence-electron chi connectivity index (χ2n) is 8.51. The Bertz CT molecular complexity index is 1530. The highest BCUT2D eigenvalue weighted by atomic mass is 16.5. The van der Waals surface area contributed by atoms with Crippen molar-refractivity contribution in [3.63, 3.8) is 0 Å². The molecule has 11 nitrogen and oxygen atoms in total. The van der Waals surface area contributed by atoms with E-state index in [-0.39, 0.29) is 12.1 Å². The van der Waals surface area contributed by atoms with Crippen LogP contribution in [0.2, 0.25) is 0 Å². The summed E-state index contributed by atoms with van der Waals surface area (Å²) in [6.45, 7) is 2.07. The average molecular weight is 430 g/mol. The number of oxazole rings is 1. The highest BCUT2D eigenvalue weighted by molar-refractivity contribution is 5.77. The number of aromatic nitrogens is 7. The third-order valence-corrected chi connectivity index (χ3v) is 6.66. The molecule has 0 N–H and O–H groups in total. The Hall–Kier alpha value is -4.02. The first-order valence-corrected chi connectivity index (χ1v) is 10.4. The number of aryl methyl sites for hydroxylation is 1. The topological polar surface area (TPSA) is 121 Å². The standard InChI is InChI=1S/C21H18N8O3/c1-27-8-22-20-18(27)21(30)29(9-23-20)7-16-25-19(26-32-16)17-12-5-28(6-13(12)17)11-2-3-14-15(4-11)31-10-24-14/h2-4,8-10,12-13,17H,5-7H2,1H3/t12-,13+,17?. The van der Waals surface area contributed by atoms with Crippen LogP contribution in [0.1, 0.15) is 17.6 Å². The van der Waals surface area contributed by atoms with Crippen molar-refractivity contribution < 1.29 is 8.94 Å². The zero-order valence-corrected chi connectivity index (χ0v) is 17.1. The van der Waals surface area contributed by atoms with Crippen molar-refractivity contribution in [1.29, 1.82) is 0 Å². The van der Waals surface area contributed by atoms with Gasteiger partial charge in [-0.3, -0.25) is 9.36 Å². The van der Waals surface area contributed by atoms with E-state index in [1.54, 1.807) is 17.9 Å². The Labute approximate surface area is 180 Å². The minimum Gasteiger partial charge on any atom is -0.443 e. The third kappa shape index (κ3) is 2.53. The van der Waals surface area contributed by atoms with E-state index in [1.807, 2.05) is 12.1 Å². The van der Waals surface area contributed by atoms with Gasteiger partial charge >= 0.3 is 0 Å². The largest absolute Gasteiger partial charge is 0.443 e. The molecule has 0 amide bonds. The smallest absolute Gasteiger partial charge is 0.280 e. The van der Waals surface area contributed by atoms with Gasteiger partial charge in [0.2, 0.25) is 5.89 Å². The molecule has 3 atom stereocenters. The Morgan fingerprint density at radius 2 is 1.97 bits per heavy atom. The predicted octanol–water partition coefficient (Wildman–Crippen LogP) is 1.55. The number of anilines is 1. The quantitative estimate of drug-likeness (QED) is 0.418. The molecular weight excluding hydrogens is 412 g/mol. The number of piperidine rings is 1. The van der Waals surface area contributed by atoms with Crippen molar-refractivity contribution in [3.8, 4) is 0 Å². The van der Waals surface area contributed by atoms with Gasteiger partial charge in [0.1, 0.15) is 18.4 Å². The molecule has 0 radical (unpaired) electrons. The summed E-state index contributed by atoms with van der Waals surface area (Å²) in [5, 5.41) is 4.21. The molecule has 32 heavy (non-hydrogen) atoms. The van der Waals surface area contributed by atoms with Crippen molar-refractivity contribution in [1.82, 2.24) is 34.2 Å². The number of hydrogen-bond donors (Lipinski definition) is 0. The van der Waals surface area contributed by atoms with Crippen molar-refractivity contribution in [2.24, 2.45) is 18.9 Å². The number of rotatable bonds is 4. The van der Waals surface area contributed by atoms with Crippen LogP contribution >= 0.6 is 0 Å². The first-order valence-electron chi connectivity index (χ1n) is 10.4. The third-order valence-electron chi connectivity index (χ3n) is 6.66. The summed E-state index contributed by atoms with van der Waals surface area (Å²) in [6, 6.07) is 6.11. The molecule has 11 heteroatoms. The number of imidazole rings is 1. The van der Waals surface area contributed by atoms with Crippen molar-refractivity contribution >= 4 is 28.0 Å². The van der Waals surface area contributed by atoms with Crippen LogP contribution in [-0.2, 0) is 13.6 Å². The second kappa shape index (κ2) is 6.25. The molecule has 1 saturated carbocycles. The van der Waals surface area contributed by atoms with E-state index in [2.05, 4.69) is 36.1 Å². The molecule has 0 bridgehead atoms. The van der Waals surface area contributed by atoms with Crippen LogP contribution in [0.5, 0.6) is 0 Å². The van der Waals surface area contributed by atoms with Gasteiger partial charge in [0, 0.05) is 37.8 Å². The lowest BCUT2D eigenvalue weighted by Crippen LogP contribution is -2.23. The molecule has 5 aromatic rings. The van der Waals surface area contributed by atoms with Gasteiger partial charge in [-0.05, 0) is 24.0 Å². The van der Waals surface area contributed by atoms with E-state index in [0.717, 1.165) is 35.7 Å². The fraction of sp³-hybridized carbons (Fsp3) is 0.333. The van der Waals surface area contributed by atoms with Gasteiger partial charge in [-0.15, -0.1) is 0 Å². The molecule has 2 fully saturated rings. The Morgan fingerprint density at radius 3 is 2.84 bits per heavy atom. The van der Waals surface area contributed by atoms with E-state index in [4.69, 9.17) is 8.94 Å². The van der Waals surface area contributed by atoms with Gasteiger partial charge < -0.3 is 18.4 Å². The maximum atomic E-state index is 12.7. The second-order valence-corrected chi connectivity index (χ2v) is 8.51. The minimum atomic E-state index is -0.183. The monoisotopic (exact) mass is 430 g/mol. The van der Waals surface area contributed by atoms with Crippen LogP contribution in [0.3, 0.4) is 0 Å². The Kier molecular flexibility index (Phi) is 3.45. The minimum absolute atomic E-state index is 0.183. The van der Waals surface area contributed by atoms with Crippen molar-refractivity contribution in [2.45, 2.75) is 12.5 Å². The van der Waals surface area contributed by atoms with Crippen LogP contribution in [0, 0.1) is 11.8 Å². The van der Waals surface area contributed by atoms with Crippen LogP contribution in [-0.4, -0.2) is 47.3 Å². The van der Waals surface area contributed by atoms with E-state index >= 15 is 0 Å². The molecule has 1 aliphatic carbocycles.